The molecule has 0 bridgehead atoms. The first-order chi connectivity index (χ1) is 16.0. The Bertz CT molecular complexity index is 930. The molecule has 1 unspecified atom stereocenters. The lowest BCUT2D eigenvalue weighted by Gasteiger charge is -2.27. The summed E-state index contributed by atoms with van der Waals surface area (Å²) in [5.74, 6) is -1.01. The van der Waals surface area contributed by atoms with Crippen LogP contribution in [0, 0.1) is 29.4 Å². The van der Waals surface area contributed by atoms with Gasteiger partial charge in [0.1, 0.15) is 30.0 Å². The third kappa shape index (κ3) is 6.52. The number of alkyl halides is 1. The second-order valence-corrected chi connectivity index (χ2v) is 8.91. The van der Waals surface area contributed by atoms with Crippen molar-refractivity contribution in [2.45, 2.75) is 58.0 Å². The third-order valence-electron chi connectivity index (χ3n) is 6.73. The van der Waals surface area contributed by atoms with Crippen molar-refractivity contribution in [3.63, 3.8) is 0 Å². The molecule has 0 aromatic heterocycles. The van der Waals surface area contributed by atoms with Crippen LogP contribution in [0.3, 0.4) is 0 Å². The zero-order valence-corrected chi connectivity index (χ0v) is 19.2. The molecule has 33 heavy (non-hydrogen) atoms. The Hall–Kier alpha value is -2.50. The van der Waals surface area contributed by atoms with Gasteiger partial charge in [-0.2, -0.15) is 0 Å². The topological polar surface area (TPSA) is 24.7 Å². The van der Waals surface area contributed by atoms with Gasteiger partial charge in [0, 0.05) is 24.8 Å². The minimum absolute atomic E-state index is 0.0524. The van der Waals surface area contributed by atoms with Crippen molar-refractivity contribution in [1.82, 2.24) is 0 Å². The average molecular weight is 461 g/mol. The van der Waals surface area contributed by atoms with Crippen molar-refractivity contribution < 1.29 is 17.6 Å². The number of nitrogens with zero attached hydrogens (tertiary/aromatic N) is 2. The summed E-state index contributed by atoms with van der Waals surface area (Å²) in [6.45, 7) is 2.55. The monoisotopic (exact) mass is 460 g/mol. The van der Waals surface area contributed by atoms with Gasteiger partial charge in [-0.1, -0.05) is 25.0 Å². The Morgan fingerprint density at radius 3 is 2.33 bits per heavy atom. The molecule has 178 valence electrons. The van der Waals surface area contributed by atoms with E-state index in [-0.39, 0.29) is 17.1 Å². The number of hydrogen-bond acceptors (Lipinski definition) is 1. The van der Waals surface area contributed by atoms with Gasteiger partial charge >= 0.3 is 0 Å². The molecule has 6 heteroatoms. The van der Waals surface area contributed by atoms with Gasteiger partial charge < -0.3 is 0 Å². The zero-order valence-electron chi connectivity index (χ0n) is 19.2. The van der Waals surface area contributed by atoms with E-state index in [2.05, 4.69) is 16.6 Å². The molecule has 0 radical (unpaired) electrons. The van der Waals surface area contributed by atoms with Crippen LogP contribution in [-0.2, 0) is 6.67 Å². The summed E-state index contributed by atoms with van der Waals surface area (Å²) in [6.07, 6.45) is 15.4. The molecule has 0 amide bonds. The fraction of sp³-hybridized carbons (Fsp3) is 0.481. The largest absolute Gasteiger partial charge is 0.273 e. The molecule has 0 aliphatic heterocycles. The maximum absolute atomic E-state index is 14.8. The molecule has 1 saturated carbocycles. The van der Waals surface area contributed by atoms with E-state index in [1.807, 2.05) is 12.3 Å². The van der Waals surface area contributed by atoms with Crippen molar-refractivity contribution >= 4 is 17.6 Å². The number of allylic oxidation sites excluding steroid dienone is 4. The molecule has 0 heterocycles. The molecule has 1 atom stereocenters. The van der Waals surface area contributed by atoms with Gasteiger partial charge in [-0.3, -0.25) is 4.99 Å². The van der Waals surface area contributed by atoms with Crippen molar-refractivity contribution in [1.29, 1.82) is 0 Å². The number of hydrogen-bond donors (Lipinski definition) is 0. The first-order valence-corrected chi connectivity index (χ1v) is 11.7. The van der Waals surface area contributed by atoms with Gasteiger partial charge in [0.25, 0.3) is 0 Å². The van der Waals surface area contributed by atoms with Crippen LogP contribution in [0.5, 0.6) is 0 Å². The summed E-state index contributed by atoms with van der Waals surface area (Å²) < 4.78 is 55.4. The Morgan fingerprint density at radius 2 is 1.76 bits per heavy atom. The molecular formula is C27H32F4N2. The average Bonchev–Trinajstić information content (AvgIpc) is 2.81. The molecule has 2 aliphatic rings. The Kier molecular flexibility index (Phi) is 9.21. The molecule has 1 aromatic rings. The quantitative estimate of drug-likeness (QED) is 0.163. The normalized spacial score (nSPS) is 24.0. The predicted molar refractivity (Wildman–Crippen MR) is 128 cm³/mol. The molecule has 0 saturated heterocycles. The molecule has 1 fully saturated rings. The maximum atomic E-state index is 14.8. The highest BCUT2D eigenvalue weighted by molar-refractivity contribution is 5.94. The highest BCUT2D eigenvalue weighted by Crippen LogP contribution is 2.35. The van der Waals surface area contributed by atoms with Crippen molar-refractivity contribution in [3.8, 4) is 0 Å². The molecule has 2 nitrogen and oxygen atoms in total. The minimum Gasteiger partial charge on any atom is -0.273 e. The number of amidine groups is 1. The summed E-state index contributed by atoms with van der Waals surface area (Å²) in [5.41, 5.74) is -0.490. The van der Waals surface area contributed by atoms with Gasteiger partial charge in [-0.15, -0.1) is 6.58 Å². The van der Waals surface area contributed by atoms with Crippen LogP contribution in [-0.4, -0.2) is 19.1 Å². The number of rotatable bonds is 8. The second-order valence-electron chi connectivity index (χ2n) is 8.91. The van der Waals surface area contributed by atoms with Gasteiger partial charge in [-0.25, -0.2) is 22.6 Å². The van der Waals surface area contributed by atoms with E-state index in [4.69, 9.17) is 0 Å². The minimum atomic E-state index is -1.25. The Balaban J connectivity index is 1.58. The lowest BCUT2D eigenvalue weighted by atomic mass is 9.79. The molecule has 2 aliphatic carbocycles. The van der Waals surface area contributed by atoms with Crippen LogP contribution >= 0.6 is 0 Å². The van der Waals surface area contributed by atoms with Crippen molar-refractivity contribution in [2.24, 2.45) is 27.7 Å². The summed E-state index contributed by atoms with van der Waals surface area (Å²) in [7, 11) is 1.63. The van der Waals surface area contributed by atoms with Crippen LogP contribution in [0.1, 0.15) is 62.5 Å². The van der Waals surface area contributed by atoms with Crippen LogP contribution < -0.4 is 0 Å². The number of halogens is 4. The van der Waals surface area contributed by atoms with E-state index in [1.54, 1.807) is 13.1 Å². The predicted octanol–water partition coefficient (Wildman–Crippen LogP) is 7.95. The van der Waals surface area contributed by atoms with Crippen LogP contribution in [0.15, 0.2) is 52.8 Å². The van der Waals surface area contributed by atoms with E-state index < -0.39 is 29.7 Å². The maximum Gasteiger partial charge on any atom is 0.132 e. The Labute approximate surface area is 193 Å². The first-order valence-electron chi connectivity index (χ1n) is 11.7. The lowest BCUT2D eigenvalue weighted by molar-refractivity contribution is 0.270. The standard InChI is InChI=1S/C27H32F4N2/c1-3-4-5-18-6-8-19(9-7-18)12-13-33-27(32-2)20-10-11-22(24(29)14-20)21-15-25(30)23(17-28)26(31)16-21/h3,11,13-16,18-20H,1,4-10,12,17H2,2H3. The molecular weight excluding hydrogens is 428 g/mol. The fourth-order valence-electron chi connectivity index (χ4n) is 4.72. The van der Waals surface area contributed by atoms with Gasteiger partial charge in [0.05, 0.1) is 5.56 Å². The Morgan fingerprint density at radius 1 is 1.09 bits per heavy atom. The summed E-state index contributed by atoms with van der Waals surface area (Å²) in [6, 6.07) is 1.94. The first kappa shape index (κ1) is 25.1. The van der Waals surface area contributed by atoms with E-state index in [0.717, 1.165) is 30.9 Å². The van der Waals surface area contributed by atoms with Crippen LogP contribution in [0.2, 0.25) is 0 Å². The third-order valence-corrected chi connectivity index (χ3v) is 6.73. The molecule has 3 rings (SSSR count). The smallest absolute Gasteiger partial charge is 0.132 e. The summed E-state index contributed by atoms with van der Waals surface area (Å²) in [5, 5.41) is 0. The second kappa shape index (κ2) is 12.1. The molecule has 0 spiro atoms. The highest BCUT2D eigenvalue weighted by atomic mass is 19.1. The SMILES string of the molecule is C=CCCC1CCC(CC=NC(=NC)C2C=C(F)C(c3cc(F)c(CF)c(F)c3)=CC2)CC1. The van der Waals surface area contributed by atoms with Gasteiger partial charge in [0.2, 0.25) is 0 Å². The van der Waals surface area contributed by atoms with Crippen LogP contribution in [0.25, 0.3) is 5.57 Å². The summed E-state index contributed by atoms with van der Waals surface area (Å²) >= 11 is 0. The van der Waals surface area contributed by atoms with E-state index >= 15 is 0 Å². The molecule has 1 aromatic carbocycles. The van der Waals surface area contributed by atoms with Crippen molar-refractivity contribution in [3.05, 3.63) is 65.5 Å². The van der Waals surface area contributed by atoms with Gasteiger partial charge in [0.15, 0.2) is 0 Å². The van der Waals surface area contributed by atoms with E-state index in [0.29, 0.717) is 18.2 Å². The summed E-state index contributed by atoms with van der Waals surface area (Å²) in [4.78, 5) is 8.75. The highest BCUT2D eigenvalue weighted by Gasteiger charge is 2.23. The fourth-order valence-corrected chi connectivity index (χ4v) is 4.72. The van der Waals surface area contributed by atoms with Crippen LogP contribution in [0.4, 0.5) is 17.6 Å². The van der Waals surface area contributed by atoms with E-state index in [9.17, 15) is 17.6 Å². The van der Waals surface area contributed by atoms with Gasteiger partial charge in [-0.05, 0) is 74.1 Å². The molecule has 0 N–H and O–H groups in total. The lowest BCUT2D eigenvalue weighted by Crippen LogP contribution is -2.16. The number of aliphatic imine (C=N–C) groups is 2. The zero-order chi connectivity index (χ0) is 23.8. The van der Waals surface area contributed by atoms with Crippen molar-refractivity contribution in [2.75, 3.05) is 7.05 Å². The van der Waals surface area contributed by atoms with E-state index in [1.165, 1.54) is 38.2 Å². The number of benzene rings is 1.